The highest BCUT2D eigenvalue weighted by molar-refractivity contribution is 5.80. The molecule has 1 aromatic rings. The predicted octanol–water partition coefficient (Wildman–Crippen LogP) is 3.13. The van der Waals surface area contributed by atoms with E-state index in [2.05, 4.69) is 14.8 Å². The molecule has 7 nitrogen and oxygen atoms in total. The van der Waals surface area contributed by atoms with Crippen molar-refractivity contribution in [2.45, 2.75) is 45.8 Å². The average molecular weight is 427 g/mol. The van der Waals surface area contributed by atoms with Crippen molar-refractivity contribution in [1.82, 2.24) is 5.32 Å². The van der Waals surface area contributed by atoms with Crippen LogP contribution in [-0.2, 0) is 19.1 Å². The summed E-state index contributed by atoms with van der Waals surface area (Å²) in [5.74, 6) is -16.3. The molecule has 0 aliphatic carbocycles. The van der Waals surface area contributed by atoms with Gasteiger partial charge in [-0.2, -0.15) is 8.78 Å². The van der Waals surface area contributed by atoms with Gasteiger partial charge in [-0.3, -0.25) is 4.79 Å². The monoisotopic (exact) mass is 427 g/mol. The van der Waals surface area contributed by atoms with Crippen molar-refractivity contribution in [1.29, 1.82) is 0 Å². The summed E-state index contributed by atoms with van der Waals surface area (Å²) >= 11 is 0. The Morgan fingerprint density at radius 1 is 0.931 bits per heavy atom. The number of ether oxygens (including phenoxy) is 3. The highest BCUT2D eigenvalue weighted by atomic mass is 19.2. The van der Waals surface area contributed by atoms with E-state index in [0.717, 1.165) is 6.92 Å². The number of rotatable bonds is 6. The lowest BCUT2D eigenvalue weighted by Crippen LogP contribution is -2.37. The Labute approximate surface area is 162 Å². The maximum atomic E-state index is 13.6. The van der Waals surface area contributed by atoms with Crippen molar-refractivity contribution in [2.75, 3.05) is 6.54 Å². The summed E-state index contributed by atoms with van der Waals surface area (Å²) in [4.78, 5) is 34.7. The van der Waals surface area contributed by atoms with Crippen LogP contribution in [0.3, 0.4) is 0 Å². The molecule has 12 heteroatoms. The summed E-state index contributed by atoms with van der Waals surface area (Å²) in [7, 11) is 0. The average Bonchev–Trinajstić information content (AvgIpc) is 2.59. The van der Waals surface area contributed by atoms with E-state index in [4.69, 9.17) is 4.74 Å². The number of halogens is 5. The van der Waals surface area contributed by atoms with Crippen molar-refractivity contribution < 1.29 is 50.5 Å². The van der Waals surface area contributed by atoms with E-state index >= 15 is 0 Å². The molecule has 0 aliphatic heterocycles. The molecular weight excluding hydrogens is 409 g/mol. The van der Waals surface area contributed by atoms with Gasteiger partial charge in [0.05, 0.1) is 0 Å². The van der Waals surface area contributed by atoms with Crippen molar-refractivity contribution in [2.24, 2.45) is 0 Å². The lowest BCUT2D eigenvalue weighted by molar-refractivity contribution is -0.161. The van der Waals surface area contributed by atoms with E-state index in [1.54, 1.807) is 20.8 Å². The molecule has 0 radical (unpaired) electrons. The fraction of sp³-hybridized carbons (Fsp3) is 0.471. The Kier molecular flexibility index (Phi) is 7.92. The number of nitrogens with one attached hydrogen (secondary N) is 1. The largest absolute Gasteiger partial charge is 0.450 e. The zero-order chi connectivity index (χ0) is 22.5. The topological polar surface area (TPSA) is 90.9 Å². The Balaban J connectivity index is 2.91. The zero-order valence-corrected chi connectivity index (χ0v) is 15.8. The molecule has 0 aromatic heterocycles. The molecular formula is C17H18F5NO6. The first kappa shape index (κ1) is 24.1. The lowest BCUT2D eigenvalue weighted by Gasteiger charge is -2.20. The normalized spacial score (nSPS) is 12.2. The van der Waals surface area contributed by atoms with Crippen LogP contribution in [0.4, 0.5) is 26.7 Å². The van der Waals surface area contributed by atoms with E-state index in [1.165, 1.54) is 0 Å². The molecule has 0 bridgehead atoms. The van der Waals surface area contributed by atoms with Crippen molar-refractivity contribution >= 4 is 18.0 Å². The van der Waals surface area contributed by atoms with Crippen LogP contribution in [0.25, 0.3) is 0 Å². The van der Waals surface area contributed by atoms with Crippen molar-refractivity contribution in [3.63, 3.8) is 0 Å². The molecule has 1 amide bonds. The van der Waals surface area contributed by atoms with E-state index in [0.29, 0.717) is 0 Å². The van der Waals surface area contributed by atoms with Gasteiger partial charge in [-0.25, -0.2) is 22.8 Å². The van der Waals surface area contributed by atoms with Gasteiger partial charge in [0.2, 0.25) is 40.9 Å². The van der Waals surface area contributed by atoms with E-state index in [-0.39, 0.29) is 6.54 Å². The van der Waals surface area contributed by atoms with E-state index < -0.39 is 71.0 Å². The Bertz CT molecular complexity index is 779. The first-order valence-corrected chi connectivity index (χ1v) is 8.11. The number of hydrogen-bond donors (Lipinski definition) is 1. The van der Waals surface area contributed by atoms with Gasteiger partial charge >= 0.3 is 18.0 Å². The van der Waals surface area contributed by atoms with Gasteiger partial charge in [0.1, 0.15) is 5.60 Å². The van der Waals surface area contributed by atoms with E-state index in [1.807, 2.05) is 0 Å². The zero-order valence-electron chi connectivity index (χ0n) is 15.8. The highest BCUT2D eigenvalue weighted by Crippen LogP contribution is 2.29. The number of amides is 1. The molecule has 29 heavy (non-hydrogen) atoms. The third-order valence-electron chi connectivity index (χ3n) is 3.02. The second-order valence-electron chi connectivity index (χ2n) is 6.64. The molecule has 1 aromatic carbocycles. The summed E-state index contributed by atoms with van der Waals surface area (Å²) in [6.45, 7) is 5.38. The molecule has 1 rings (SSSR count). The number of hydrogen-bond acceptors (Lipinski definition) is 6. The van der Waals surface area contributed by atoms with Crippen molar-refractivity contribution in [3.05, 3.63) is 29.1 Å². The van der Waals surface area contributed by atoms with Gasteiger partial charge in [-0.15, -0.1) is 0 Å². The number of alkyl carbamates (subject to hydrolysis) is 1. The third-order valence-corrected chi connectivity index (χ3v) is 3.02. The maximum absolute atomic E-state index is 13.6. The number of carbonyl (C=O) groups is 3. The van der Waals surface area contributed by atoms with Crippen LogP contribution in [0.2, 0.25) is 0 Å². The smallest absolute Gasteiger partial charge is 0.407 e. The van der Waals surface area contributed by atoms with Crippen LogP contribution in [0.15, 0.2) is 0 Å². The van der Waals surface area contributed by atoms with E-state index in [9.17, 15) is 36.3 Å². The minimum absolute atomic E-state index is 0.306. The Hall–Kier alpha value is -2.92. The summed E-state index contributed by atoms with van der Waals surface area (Å²) < 4.78 is 80.5. The van der Waals surface area contributed by atoms with Gasteiger partial charge in [0.25, 0.3) is 0 Å². The first-order chi connectivity index (χ1) is 13.2. The SMILES string of the molecule is CC(=O)O[C@@H](CCNC(=O)OC(C)(C)C)C(=O)Oc1c(F)c(F)c(F)c(F)c1F. The Morgan fingerprint density at radius 2 is 1.41 bits per heavy atom. The predicted molar refractivity (Wildman–Crippen MR) is 86.3 cm³/mol. The highest BCUT2D eigenvalue weighted by Gasteiger charge is 2.32. The molecule has 0 unspecified atom stereocenters. The van der Waals surface area contributed by atoms with Crippen LogP contribution < -0.4 is 10.1 Å². The molecule has 0 saturated heterocycles. The lowest BCUT2D eigenvalue weighted by atomic mass is 10.2. The molecule has 0 aliphatic rings. The summed E-state index contributed by atoms with van der Waals surface area (Å²) in [5.41, 5.74) is -0.815. The van der Waals surface area contributed by atoms with Gasteiger partial charge in [0, 0.05) is 19.9 Å². The number of esters is 2. The quantitative estimate of drug-likeness (QED) is 0.247. The van der Waals surface area contributed by atoms with Crippen LogP contribution in [0.5, 0.6) is 5.75 Å². The minimum Gasteiger partial charge on any atom is -0.450 e. The molecule has 162 valence electrons. The first-order valence-electron chi connectivity index (χ1n) is 8.11. The van der Waals surface area contributed by atoms with Gasteiger partial charge in [-0.1, -0.05) is 0 Å². The second kappa shape index (κ2) is 9.52. The summed E-state index contributed by atoms with van der Waals surface area (Å²) in [6.07, 6.45) is -3.11. The molecule has 1 atom stereocenters. The standard InChI is InChI=1S/C17H18F5NO6/c1-7(24)27-8(5-6-23-16(26)29-17(2,3)4)15(25)28-14-12(21)10(19)9(18)11(20)13(14)22/h8H,5-6H2,1-4H3,(H,23,26)/t8-/m0/s1. The summed E-state index contributed by atoms with van der Waals surface area (Å²) in [5, 5.41) is 2.23. The van der Waals surface area contributed by atoms with Gasteiger partial charge in [0.15, 0.2) is 0 Å². The van der Waals surface area contributed by atoms with Gasteiger partial charge < -0.3 is 19.5 Å². The van der Waals surface area contributed by atoms with Crippen LogP contribution in [0.1, 0.15) is 34.1 Å². The van der Waals surface area contributed by atoms with Gasteiger partial charge in [-0.05, 0) is 20.8 Å². The molecule has 0 fully saturated rings. The fourth-order valence-corrected chi connectivity index (χ4v) is 1.89. The molecule has 0 heterocycles. The van der Waals surface area contributed by atoms with Crippen LogP contribution in [0, 0.1) is 29.1 Å². The Morgan fingerprint density at radius 3 is 1.86 bits per heavy atom. The fourth-order valence-electron chi connectivity index (χ4n) is 1.89. The van der Waals surface area contributed by atoms with Crippen molar-refractivity contribution in [3.8, 4) is 5.75 Å². The summed E-state index contributed by atoms with van der Waals surface area (Å²) in [6, 6.07) is 0. The third kappa shape index (κ3) is 6.88. The number of carbonyl (C=O) groups excluding carboxylic acids is 3. The molecule has 0 spiro atoms. The molecule has 0 saturated carbocycles. The second-order valence-corrected chi connectivity index (χ2v) is 6.64. The van der Waals surface area contributed by atoms with Crippen LogP contribution in [-0.4, -0.2) is 36.3 Å². The number of benzene rings is 1. The minimum atomic E-state index is -2.43. The van der Waals surface area contributed by atoms with Crippen LogP contribution >= 0.6 is 0 Å². The maximum Gasteiger partial charge on any atom is 0.407 e. The molecule has 1 N–H and O–H groups in total.